The number of aliphatic hydroxyl groups excluding tert-OH is 1. The first-order chi connectivity index (χ1) is 9.90. The van der Waals surface area contributed by atoms with Crippen molar-refractivity contribution in [3.05, 3.63) is 68.7 Å². The van der Waals surface area contributed by atoms with Crippen molar-refractivity contribution in [3.8, 4) is 0 Å². The molecule has 0 aromatic heterocycles. The van der Waals surface area contributed by atoms with Crippen LogP contribution in [0.15, 0.2) is 42.5 Å². The van der Waals surface area contributed by atoms with Gasteiger partial charge in [0.1, 0.15) is 0 Å². The summed E-state index contributed by atoms with van der Waals surface area (Å²) in [7, 11) is 0. The number of benzene rings is 2. The molecule has 110 valence electrons. The zero-order valence-corrected chi connectivity index (χ0v) is 14.1. The summed E-state index contributed by atoms with van der Waals surface area (Å²) in [5.41, 5.74) is 1.98. The number of hydrogen-bond acceptors (Lipinski definition) is 1. The highest BCUT2D eigenvalue weighted by molar-refractivity contribution is 6.54. The van der Waals surface area contributed by atoms with Crippen molar-refractivity contribution in [2.45, 2.75) is 13.0 Å². The molecule has 0 aliphatic rings. The summed E-state index contributed by atoms with van der Waals surface area (Å²) in [4.78, 5) is 0. The third-order valence-electron chi connectivity index (χ3n) is 2.98. The van der Waals surface area contributed by atoms with E-state index in [1.165, 1.54) is 0 Å². The molecule has 0 aliphatic carbocycles. The molecule has 2 aromatic rings. The van der Waals surface area contributed by atoms with E-state index in [2.05, 4.69) is 0 Å². The number of aliphatic hydroxyl groups is 1. The fourth-order valence-corrected chi connectivity index (χ4v) is 3.10. The van der Waals surface area contributed by atoms with Crippen molar-refractivity contribution in [1.82, 2.24) is 0 Å². The van der Waals surface area contributed by atoms with Crippen molar-refractivity contribution in [3.63, 3.8) is 0 Å². The third-order valence-corrected chi connectivity index (χ3v) is 4.18. The largest absolute Gasteiger partial charge is 0.389 e. The van der Waals surface area contributed by atoms with E-state index in [1.807, 2.05) is 0 Å². The molecule has 0 fully saturated rings. The van der Waals surface area contributed by atoms with E-state index in [-0.39, 0.29) is 0 Å². The highest BCUT2D eigenvalue weighted by Crippen LogP contribution is 2.36. The van der Waals surface area contributed by atoms with Crippen LogP contribution in [0.1, 0.15) is 18.1 Å². The lowest BCUT2D eigenvalue weighted by Gasteiger charge is -2.15. The molecule has 2 aromatic carbocycles. The number of rotatable bonds is 3. The Labute approximate surface area is 143 Å². The van der Waals surface area contributed by atoms with Crippen LogP contribution in [0.3, 0.4) is 0 Å². The molecule has 0 amide bonds. The standard InChI is InChI=1S/C16H12Cl4O/c1-9(21)15(10-2-4-11(17)5-3-10)16(20)13-7-6-12(18)8-14(13)19/h2-9,21H,1H3/b16-15-. The summed E-state index contributed by atoms with van der Waals surface area (Å²) in [6.45, 7) is 1.65. The van der Waals surface area contributed by atoms with Gasteiger partial charge in [0.15, 0.2) is 0 Å². The molecule has 2 rings (SSSR count). The van der Waals surface area contributed by atoms with E-state index in [1.54, 1.807) is 49.4 Å². The van der Waals surface area contributed by atoms with Crippen LogP contribution in [0.4, 0.5) is 0 Å². The zero-order chi connectivity index (χ0) is 15.6. The molecule has 0 saturated heterocycles. The van der Waals surface area contributed by atoms with Crippen LogP contribution in [0, 0.1) is 0 Å². The van der Waals surface area contributed by atoms with Gasteiger partial charge in [0.05, 0.1) is 16.2 Å². The lowest BCUT2D eigenvalue weighted by molar-refractivity contribution is 0.254. The maximum Gasteiger partial charge on any atom is 0.0782 e. The molecule has 1 unspecified atom stereocenters. The lowest BCUT2D eigenvalue weighted by Crippen LogP contribution is -2.05. The average molecular weight is 362 g/mol. The predicted octanol–water partition coefficient (Wildman–Crippen LogP) is 6.13. The van der Waals surface area contributed by atoms with Crippen molar-refractivity contribution in [2.24, 2.45) is 0 Å². The van der Waals surface area contributed by atoms with E-state index >= 15 is 0 Å². The van der Waals surface area contributed by atoms with Crippen molar-refractivity contribution in [1.29, 1.82) is 0 Å². The summed E-state index contributed by atoms with van der Waals surface area (Å²) < 4.78 is 0. The van der Waals surface area contributed by atoms with Gasteiger partial charge in [-0.15, -0.1) is 0 Å². The Balaban J connectivity index is 2.61. The van der Waals surface area contributed by atoms with Gasteiger partial charge >= 0.3 is 0 Å². The van der Waals surface area contributed by atoms with Crippen LogP contribution in [0.5, 0.6) is 0 Å². The van der Waals surface area contributed by atoms with Gasteiger partial charge in [0, 0.05) is 21.2 Å². The molecule has 1 nitrogen and oxygen atoms in total. The fraction of sp³-hybridized carbons (Fsp3) is 0.125. The van der Waals surface area contributed by atoms with Crippen LogP contribution in [-0.4, -0.2) is 11.2 Å². The molecule has 21 heavy (non-hydrogen) atoms. The first-order valence-corrected chi connectivity index (χ1v) is 7.70. The monoisotopic (exact) mass is 360 g/mol. The zero-order valence-electron chi connectivity index (χ0n) is 11.1. The van der Waals surface area contributed by atoms with Gasteiger partial charge in [-0.05, 0) is 36.8 Å². The second-order valence-electron chi connectivity index (χ2n) is 4.53. The Morgan fingerprint density at radius 1 is 0.952 bits per heavy atom. The Bertz CT molecular complexity index is 675. The predicted molar refractivity (Wildman–Crippen MR) is 92.3 cm³/mol. The topological polar surface area (TPSA) is 20.2 Å². The average Bonchev–Trinajstić information content (AvgIpc) is 2.40. The molecule has 0 heterocycles. The van der Waals surface area contributed by atoms with E-state index in [4.69, 9.17) is 46.4 Å². The minimum atomic E-state index is -0.759. The number of hydrogen-bond donors (Lipinski definition) is 1. The molecular weight excluding hydrogens is 350 g/mol. The van der Waals surface area contributed by atoms with Gasteiger partial charge < -0.3 is 5.11 Å². The van der Waals surface area contributed by atoms with Gasteiger partial charge in [0.25, 0.3) is 0 Å². The van der Waals surface area contributed by atoms with Crippen molar-refractivity contribution < 1.29 is 5.11 Å². The van der Waals surface area contributed by atoms with Gasteiger partial charge in [-0.3, -0.25) is 0 Å². The number of halogens is 4. The highest BCUT2D eigenvalue weighted by atomic mass is 35.5. The Hall–Kier alpha value is -0.700. The molecule has 0 spiro atoms. The van der Waals surface area contributed by atoms with Crippen LogP contribution in [0.2, 0.25) is 15.1 Å². The van der Waals surface area contributed by atoms with Crippen LogP contribution >= 0.6 is 46.4 Å². The summed E-state index contributed by atoms with van der Waals surface area (Å²) in [5.74, 6) is 0. The lowest BCUT2D eigenvalue weighted by atomic mass is 9.98. The minimum Gasteiger partial charge on any atom is -0.389 e. The van der Waals surface area contributed by atoms with E-state index in [0.29, 0.717) is 31.2 Å². The Morgan fingerprint density at radius 3 is 2.05 bits per heavy atom. The summed E-state index contributed by atoms with van der Waals surface area (Å²) in [6.07, 6.45) is -0.759. The van der Waals surface area contributed by atoms with Crippen LogP contribution < -0.4 is 0 Å². The van der Waals surface area contributed by atoms with Crippen molar-refractivity contribution in [2.75, 3.05) is 0 Å². The molecule has 1 N–H and O–H groups in total. The SMILES string of the molecule is CC(O)/C(=C(/Cl)c1ccc(Cl)cc1Cl)c1ccc(Cl)cc1. The first kappa shape index (κ1) is 16.7. The van der Waals surface area contributed by atoms with Crippen molar-refractivity contribution >= 4 is 57.0 Å². The molecule has 0 radical (unpaired) electrons. The molecule has 1 atom stereocenters. The maximum absolute atomic E-state index is 10.1. The minimum absolute atomic E-state index is 0.383. The molecule has 0 saturated carbocycles. The highest BCUT2D eigenvalue weighted by Gasteiger charge is 2.17. The van der Waals surface area contributed by atoms with E-state index in [9.17, 15) is 5.11 Å². The summed E-state index contributed by atoms with van der Waals surface area (Å²) >= 11 is 24.4. The second kappa shape index (κ2) is 7.04. The van der Waals surface area contributed by atoms with Crippen LogP contribution in [0.25, 0.3) is 10.6 Å². The van der Waals surface area contributed by atoms with Gasteiger partial charge in [0.2, 0.25) is 0 Å². The summed E-state index contributed by atoms with van der Waals surface area (Å²) in [5, 5.41) is 12.0. The second-order valence-corrected chi connectivity index (χ2v) is 6.19. The van der Waals surface area contributed by atoms with E-state index < -0.39 is 6.10 Å². The molecular formula is C16H12Cl4O. The molecule has 5 heteroatoms. The van der Waals surface area contributed by atoms with Crippen LogP contribution in [-0.2, 0) is 0 Å². The fourth-order valence-electron chi connectivity index (χ4n) is 1.99. The van der Waals surface area contributed by atoms with Gasteiger partial charge in [-0.25, -0.2) is 0 Å². The smallest absolute Gasteiger partial charge is 0.0782 e. The van der Waals surface area contributed by atoms with Gasteiger partial charge in [-0.1, -0.05) is 64.6 Å². The van der Waals surface area contributed by atoms with Gasteiger partial charge in [-0.2, -0.15) is 0 Å². The Kier molecular flexibility index (Phi) is 5.59. The molecule has 0 aliphatic heterocycles. The van der Waals surface area contributed by atoms with E-state index in [0.717, 1.165) is 5.56 Å². The normalized spacial score (nSPS) is 13.8. The molecule has 0 bridgehead atoms. The maximum atomic E-state index is 10.1. The Morgan fingerprint density at radius 2 is 1.52 bits per heavy atom. The quantitative estimate of drug-likeness (QED) is 0.651. The third kappa shape index (κ3) is 3.94. The summed E-state index contributed by atoms with van der Waals surface area (Å²) in [6, 6.07) is 12.1. The first-order valence-electron chi connectivity index (χ1n) is 6.19.